The van der Waals surface area contributed by atoms with Crippen molar-refractivity contribution in [2.24, 2.45) is 12.0 Å². The molecule has 8 heteroatoms. The van der Waals surface area contributed by atoms with Gasteiger partial charge in [-0.15, -0.1) is 0 Å². The molecule has 144 valence electrons. The Kier molecular flexibility index (Phi) is 5.63. The molecule has 1 saturated heterocycles. The molecule has 8 nitrogen and oxygen atoms in total. The van der Waals surface area contributed by atoms with Crippen LogP contribution in [0.3, 0.4) is 0 Å². The van der Waals surface area contributed by atoms with Crippen molar-refractivity contribution in [2.75, 3.05) is 38.7 Å². The average molecular weight is 370 g/mol. The molecule has 0 atom stereocenters. The van der Waals surface area contributed by atoms with Crippen molar-refractivity contribution in [3.8, 4) is 5.75 Å². The van der Waals surface area contributed by atoms with Crippen molar-refractivity contribution in [1.29, 1.82) is 0 Å². The first-order valence-electron chi connectivity index (χ1n) is 8.90. The first kappa shape index (κ1) is 18.8. The van der Waals surface area contributed by atoms with E-state index in [1.807, 2.05) is 37.2 Å². The highest BCUT2D eigenvalue weighted by atomic mass is 16.5. The van der Waals surface area contributed by atoms with Crippen LogP contribution in [0.25, 0.3) is 0 Å². The number of rotatable bonds is 4. The second-order valence-electron chi connectivity index (χ2n) is 6.54. The number of guanidine groups is 1. The van der Waals surface area contributed by atoms with Gasteiger partial charge in [-0.3, -0.25) is 14.5 Å². The second kappa shape index (κ2) is 8.11. The van der Waals surface area contributed by atoms with E-state index in [9.17, 15) is 4.79 Å². The molecule has 0 radical (unpaired) electrons. The Morgan fingerprint density at radius 3 is 2.78 bits per heavy atom. The molecule has 0 saturated carbocycles. The number of ether oxygens (including phenoxy) is 1. The second-order valence-corrected chi connectivity index (χ2v) is 6.54. The molecule has 0 bridgehead atoms. The van der Waals surface area contributed by atoms with Gasteiger partial charge in [-0.25, -0.2) is 0 Å². The van der Waals surface area contributed by atoms with E-state index in [1.165, 1.54) is 0 Å². The minimum atomic E-state index is 0.0393. The monoisotopic (exact) mass is 370 g/mol. The minimum absolute atomic E-state index is 0.0393. The van der Waals surface area contributed by atoms with Crippen LogP contribution in [0.4, 0.5) is 5.69 Å². The summed E-state index contributed by atoms with van der Waals surface area (Å²) in [6, 6.07) is 6.08. The number of aliphatic imine (C=N–C) groups is 1. The first-order valence-corrected chi connectivity index (χ1v) is 8.90. The molecule has 2 aromatic rings. The van der Waals surface area contributed by atoms with Crippen LogP contribution >= 0.6 is 0 Å². The normalized spacial score (nSPS) is 15.3. The summed E-state index contributed by atoms with van der Waals surface area (Å²) in [6.45, 7) is 4.26. The van der Waals surface area contributed by atoms with Crippen LogP contribution in [0, 0.1) is 6.92 Å². The Labute approximate surface area is 159 Å². The molecular weight excluding hydrogens is 344 g/mol. The van der Waals surface area contributed by atoms with E-state index in [-0.39, 0.29) is 12.5 Å². The SMILES string of the molecule is CN=C(NCc1ccc(OC)c(C)c1)N1CCN(c2cnn(C)c2)C(=O)C1. The van der Waals surface area contributed by atoms with Gasteiger partial charge in [0, 0.05) is 39.9 Å². The number of aryl methyl sites for hydroxylation is 2. The molecule has 1 aromatic heterocycles. The molecule has 1 amide bonds. The summed E-state index contributed by atoms with van der Waals surface area (Å²) >= 11 is 0. The third-order valence-corrected chi connectivity index (χ3v) is 4.64. The number of benzene rings is 1. The van der Waals surface area contributed by atoms with Crippen LogP contribution in [-0.4, -0.2) is 60.3 Å². The molecular formula is C19H26N6O2. The molecule has 1 fully saturated rings. The number of hydrogen-bond acceptors (Lipinski definition) is 4. The molecule has 1 aliphatic rings. The lowest BCUT2D eigenvalue weighted by Crippen LogP contribution is -2.55. The van der Waals surface area contributed by atoms with Gasteiger partial charge in [-0.05, 0) is 24.1 Å². The number of nitrogens with zero attached hydrogens (tertiary/aromatic N) is 5. The average Bonchev–Trinajstić information content (AvgIpc) is 3.08. The third-order valence-electron chi connectivity index (χ3n) is 4.64. The number of hydrogen-bond donors (Lipinski definition) is 1. The predicted octanol–water partition coefficient (Wildman–Crippen LogP) is 1.16. The van der Waals surface area contributed by atoms with E-state index in [4.69, 9.17) is 4.74 Å². The lowest BCUT2D eigenvalue weighted by atomic mass is 10.1. The Hall–Kier alpha value is -3.03. The number of carbonyl (C=O) groups excluding carboxylic acids is 1. The number of carbonyl (C=O) groups is 1. The van der Waals surface area contributed by atoms with Gasteiger partial charge < -0.3 is 19.9 Å². The number of anilines is 1. The van der Waals surface area contributed by atoms with Crippen LogP contribution in [-0.2, 0) is 18.4 Å². The van der Waals surface area contributed by atoms with Gasteiger partial charge in [0.15, 0.2) is 5.96 Å². The Morgan fingerprint density at radius 1 is 1.37 bits per heavy atom. The number of amides is 1. The standard InChI is InChI=1S/C19H26N6O2/c1-14-9-15(5-6-17(14)27-4)10-21-19(20-2)24-7-8-25(18(26)13-24)16-11-22-23(3)12-16/h5-6,9,11-12H,7-8,10,13H2,1-4H3,(H,20,21). The van der Waals surface area contributed by atoms with Crippen LogP contribution in [0.1, 0.15) is 11.1 Å². The number of methoxy groups -OCH3 is 1. The van der Waals surface area contributed by atoms with Crippen LogP contribution in [0.5, 0.6) is 5.75 Å². The number of aromatic nitrogens is 2. The van der Waals surface area contributed by atoms with Gasteiger partial charge >= 0.3 is 0 Å². The highest BCUT2D eigenvalue weighted by Crippen LogP contribution is 2.19. The summed E-state index contributed by atoms with van der Waals surface area (Å²) < 4.78 is 7.00. The van der Waals surface area contributed by atoms with E-state index in [0.29, 0.717) is 19.6 Å². The molecule has 1 aromatic carbocycles. The Bertz CT molecular complexity index is 844. The van der Waals surface area contributed by atoms with Crippen LogP contribution in [0.2, 0.25) is 0 Å². The van der Waals surface area contributed by atoms with Crippen molar-refractivity contribution >= 4 is 17.6 Å². The lowest BCUT2D eigenvalue weighted by molar-refractivity contribution is -0.120. The van der Waals surface area contributed by atoms with E-state index in [2.05, 4.69) is 21.5 Å². The lowest BCUT2D eigenvalue weighted by Gasteiger charge is -2.35. The van der Waals surface area contributed by atoms with E-state index < -0.39 is 0 Å². The minimum Gasteiger partial charge on any atom is -0.496 e. The number of nitrogens with one attached hydrogen (secondary N) is 1. The largest absolute Gasteiger partial charge is 0.496 e. The third kappa shape index (κ3) is 4.21. The van der Waals surface area contributed by atoms with Crippen molar-refractivity contribution < 1.29 is 9.53 Å². The summed E-state index contributed by atoms with van der Waals surface area (Å²) in [7, 11) is 5.25. The van der Waals surface area contributed by atoms with E-state index in [0.717, 1.165) is 28.5 Å². The van der Waals surface area contributed by atoms with Crippen molar-refractivity contribution in [3.05, 3.63) is 41.7 Å². The topological polar surface area (TPSA) is 75.0 Å². The first-order chi connectivity index (χ1) is 13.0. The van der Waals surface area contributed by atoms with Crippen LogP contribution < -0.4 is 15.0 Å². The summed E-state index contributed by atoms with van der Waals surface area (Å²) in [6.07, 6.45) is 3.57. The maximum absolute atomic E-state index is 12.6. The fourth-order valence-corrected chi connectivity index (χ4v) is 3.24. The molecule has 27 heavy (non-hydrogen) atoms. The van der Waals surface area contributed by atoms with Gasteiger partial charge in [0.25, 0.3) is 0 Å². The highest BCUT2D eigenvalue weighted by Gasteiger charge is 2.27. The van der Waals surface area contributed by atoms with Crippen molar-refractivity contribution in [3.63, 3.8) is 0 Å². The Balaban J connectivity index is 1.60. The molecule has 0 unspecified atom stereocenters. The van der Waals surface area contributed by atoms with Crippen LogP contribution in [0.15, 0.2) is 35.6 Å². The van der Waals surface area contributed by atoms with E-state index >= 15 is 0 Å². The maximum atomic E-state index is 12.6. The van der Waals surface area contributed by atoms with Crippen molar-refractivity contribution in [2.45, 2.75) is 13.5 Å². The zero-order valence-corrected chi connectivity index (χ0v) is 16.3. The molecule has 0 spiro atoms. The van der Waals surface area contributed by atoms with Gasteiger partial charge in [-0.1, -0.05) is 12.1 Å². The Morgan fingerprint density at radius 2 is 2.19 bits per heavy atom. The van der Waals surface area contributed by atoms with Gasteiger partial charge in [0.05, 0.1) is 19.0 Å². The van der Waals surface area contributed by atoms with E-state index in [1.54, 1.807) is 29.9 Å². The van der Waals surface area contributed by atoms with Crippen molar-refractivity contribution in [1.82, 2.24) is 20.0 Å². The number of piperazine rings is 1. The van der Waals surface area contributed by atoms with Gasteiger partial charge in [-0.2, -0.15) is 5.10 Å². The molecule has 1 aliphatic heterocycles. The van der Waals surface area contributed by atoms with Gasteiger partial charge in [0.2, 0.25) is 5.91 Å². The molecule has 3 rings (SSSR count). The smallest absolute Gasteiger partial charge is 0.246 e. The quantitative estimate of drug-likeness (QED) is 0.646. The predicted molar refractivity (Wildman–Crippen MR) is 105 cm³/mol. The summed E-state index contributed by atoms with van der Waals surface area (Å²) in [5.41, 5.74) is 3.06. The zero-order valence-electron chi connectivity index (χ0n) is 16.3. The summed E-state index contributed by atoms with van der Waals surface area (Å²) in [5, 5.41) is 7.49. The fourth-order valence-electron chi connectivity index (χ4n) is 3.24. The highest BCUT2D eigenvalue weighted by molar-refractivity contribution is 5.98. The maximum Gasteiger partial charge on any atom is 0.246 e. The summed E-state index contributed by atoms with van der Waals surface area (Å²) in [5.74, 6) is 1.64. The molecule has 2 heterocycles. The fraction of sp³-hybridized carbons (Fsp3) is 0.421. The van der Waals surface area contributed by atoms with Gasteiger partial charge in [0.1, 0.15) is 12.3 Å². The zero-order chi connectivity index (χ0) is 19.4. The molecule has 1 N–H and O–H groups in total. The summed E-state index contributed by atoms with van der Waals surface area (Å²) in [4.78, 5) is 20.7. The molecule has 0 aliphatic carbocycles.